The van der Waals surface area contributed by atoms with E-state index in [9.17, 15) is 9.59 Å². The first-order valence-electron chi connectivity index (χ1n) is 6.25. The highest BCUT2D eigenvalue weighted by Gasteiger charge is 2.27. The van der Waals surface area contributed by atoms with E-state index in [0.29, 0.717) is 26.0 Å². The zero-order chi connectivity index (χ0) is 12.8. The molecule has 0 saturated carbocycles. The number of carbonyl (C=O) groups is 2. The minimum atomic E-state index is -0.262. The van der Waals surface area contributed by atoms with E-state index in [1.54, 1.807) is 18.9 Å². The molecule has 17 heavy (non-hydrogen) atoms. The Morgan fingerprint density at radius 3 is 2.82 bits per heavy atom. The van der Waals surface area contributed by atoms with Gasteiger partial charge in [-0.15, -0.1) is 0 Å². The first-order chi connectivity index (χ1) is 8.08. The summed E-state index contributed by atoms with van der Waals surface area (Å²) in [5.74, 6) is -0.0261. The Bertz CT molecular complexity index is 281. The van der Waals surface area contributed by atoms with E-state index in [4.69, 9.17) is 4.74 Å². The lowest BCUT2D eigenvalue weighted by molar-refractivity contribution is -0.146. The van der Waals surface area contributed by atoms with Gasteiger partial charge < -0.3 is 9.64 Å². The number of ether oxygens (including phenoxy) is 1. The average molecular weight is 242 g/mol. The molecular formula is C12H22N2O3. The van der Waals surface area contributed by atoms with E-state index in [1.165, 1.54) is 0 Å². The summed E-state index contributed by atoms with van der Waals surface area (Å²) in [6, 6.07) is -0.0754. The molecule has 5 heteroatoms. The summed E-state index contributed by atoms with van der Waals surface area (Å²) in [6.45, 7) is 4.82. The Labute approximate surface area is 102 Å². The standard InChI is InChI=1S/C12H22N2O3/c1-4-10(12(16)17-5-2)13-9-6-7-11(15)14(3)8-9/h9-10,13H,4-8H2,1-3H3. The van der Waals surface area contributed by atoms with Crippen LogP contribution in [0.2, 0.25) is 0 Å². The van der Waals surface area contributed by atoms with Crippen molar-refractivity contribution >= 4 is 11.9 Å². The van der Waals surface area contributed by atoms with Crippen LogP contribution in [-0.4, -0.2) is 49.1 Å². The van der Waals surface area contributed by atoms with Crippen molar-refractivity contribution < 1.29 is 14.3 Å². The number of hydrogen-bond acceptors (Lipinski definition) is 4. The van der Waals surface area contributed by atoms with Crippen molar-refractivity contribution in [1.82, 2.24) is 10.2 Å². The molecule has 0 aliphatic carbocycles. The molecule has 1 heterocycles. The number of amides is 1. The van der Waals surface area contributed by atoms with Crippen molar-refractivity contribution in [2.45, 2.75) is 45.2 Å². The minimum Gasteiger partial charge on any atom is -0.465 e. The van der Waals surface area contributed by atoms with E-state index in [0.717, 1.165) is 6.42 Å². The Kier molecular flexibility index (Phi) is 5.41. The number of likely N-dealkylation sites (tertiary alicyclic amines) is 1. The van der Waals surface area contributed by atoms with Gasteiger partial charge in [-0.3, -0.25) is 14.9 Å². The summed E-state index contributed by atoms with van der Waals surface area (Å²) < 4.78 is 5.00. The molecular weight excluding hydrogens is 220 g/mol. The molecule has 1 rings (SSSR count). The van der Waals surface area contributed by atoms with E-state index in [1.807, 2.05) is 6.92 Å². The maximum atomic E-state index is 11.6. The van der Waals surface area contributed by atoms with Gasteiger partial charge in [0.25, 0.3) is 0 Å². The predicted octanol–water partition coefficient (Wildman–Crippen LogP) is 0.539. The molecule has 0 bridgehead atoms. The fourth-order valence-electron chi connectivity index (χ4n) is 2.03. The molecule has 98 valence electrons. The molecule has 0 aromatic carbocycles. The average Bonchev–Trinajstić information content (AvgIpc) is 2.30. The molecule has 2 atom stereocenters. The van der Waals surface area contributed by atoms with Crippen molar-refractivity contribution in [3.63, 3.8) is 0 Å². The first kappa shape index (κ1) is 14.0. The quantitative estimate of drug-likeness (QED) is 0.715. The van der Waals surface area contributed by atoms with Crippen LogP contribution in [0.25, 0.3) is 0 Å². The van der Waals surface area contributed by atoms with E-state index in [2.05, 4.69) is 5.32 Å². The molecule has 0 radical (unpaired) electrons. The maximum absolute atomic E-state index is 11.6. The van der Waals surface area contributed by atoms with Crippen LogP contribution >= 0.6 is 0 Å². The maximum Gasteiger partial charge on any atom is 0.323 e. The normalized spacial score (nSPS) is 22.4. The molecule has 5 nitrogen and oxygen atoms in total. The molecule has 0 aromatic heterocycles. The van der Waals surface area contributed by atoms with Crippen molar-refractivity contribution in [3.8, 4) is 0 Å². The zero-order valence-electron chi connectivity index (χ0n) is 10.9. The first-order valence-corrected chi connectivity index (χ1v) is 6.25. The third-order valence-electron chi connectivity index (χ3n) is 3.04. The smallest absolute Gasteiger partial charge is 0.323 e. The summed E-state index contributed by atoms with van der Waals surface area (Å²) in [5.41, 5.74) is 0. The minimum absolute atomic E-state index is 0.173. The van der Waals surface area contributed by atoms with Gasteiger partial charge in [0.1, 0.15) is 6.04 Å². The Hall–Kier alpha value is -1.10. The number of nitrogens with zero attached hydrogens (tertiary/aromatic N) is 1. The highest BCUT2D eigenvalue weighted by molar-refractivity contribution is 5.77. The van der Waals surface area contributed by atoms with Crippen molar-refractivity contribution in [1.29, 1.82) is 0 Å². The van der Waals surface area contributed by atoms with Crippen molar-refractivity contribution in [2.24, 2.45) is 0 Å². The van der Waals surface area contributed by atoms with Crippen LogP contribution in [0.5, 0.6) is 0 Å². The van der Waals surface area contributed by atoms with E-state index in [-0.39, 0.29) is 24.0 Å². The third-order valence-corrected chi connectivity index (χ3v) is 3.04. The van der Waals surface area contributed by atoms with Crippen molar-refractivity contribution in [3.05, 3.63) is 0 Å². The zero-order valence-corrected chi connectivity index (χ0v) is 10.9. The number of likely N-dealkylation sites (N-methyl/N-ethyl adjacent to an activating group) is 1. The lowest BCUT2D eigenvalue weighted by Crippen LogP contribution is -2.52. The number of nitrogens with one attached hydrogen (secondary N) is 1. The highest BCUT2D eigenvalue weighted by atomic mass is 16.5. The van der Waals surface area contributed by atoms with Gasteiger partial charge in [0.15, 0.2) is 0 Å². The summed E-state index contributed by atoms with van der Waals surface area (Å²) >= 11 is 0. The van der Waals surface area contributed by atoms with Crippen LogP contribution in [0.4, 0.5) is 0 Å². The summed E-state index contributed by atoms with van der Waals surface area (Å²) in [6.07, 6.45) is 2.04. The lowest BCUT2D eigenvalue weighted by Gasteiger charge is -2.32. The van der Waals surface area contributed by atoms with Gasteiger partial charge in [-0.25, -0.2) is 0 Å². The van der Waals surface area contributed by atoms with Gasteiger partial charge in [-0.1, -0.05) is 6.92 Å². The fraction of sp³-hybridized carbons (Fsp3) is 0.833. The number of rotatable bonds is 5. The number of hydrogen-bond donors (Lipinski definition) is 1. The second-order valence-corrected chi connectivity index (χ2v) is 4.39. The molecule has 1 aliphatic heterocycles. The van der Waals surface area contributed by atoms with Crippen LogP contribution in [-0.2, 0) is 14.3 Å². The van der Waals surface area contributed by atoms with Crippen LogP contribution in [0.15, 0.2) is 0 Å². The Balaban J connectivity index is 2.46. The van der Waals surface area contributed by atoms with Crippen LogP contribution in [0.3, 0.4) is 0 Å². The molecule has 1 aliphatic rings. The Morgan fingerprint density at radius 1 is 1.59 bits per heavy atom. The molecule has 1 saturated heterocycles. The SMILES string of the molecule is CCOC(=O)C(CC)NC1CCC(=O)N(C)C1. The van der Waals surface area contributed by atoms with E-state index < -0.39 is 0 Å². The van der Waals surface area contributed by atoms with E-state index >= 15 is 0 Å². The summed E-state index contributed by atoms with van der Waals surface area (Å²) in [5, 5.41) is 3.27. The molecule has 1 N–H and O–H groups in total. The molecule has 1 amide bonds. The Morgan fingerprint density at radius 2 is 2.29 bits per heavy atom. The topological polar surface area (TPSA) is 58.6 Å². The van der Waals surface area contributed by atoms with Gasteiger partial charge in [0.2, 0.25) is 5.91 Å². The van der Waals surface area contributed by atoms with Crippen molar-refractivity contribution in [2.75, 3.05) is 20.2 Å². The van der Waals surface area contributed by atoms with Crippen LogP contribution in [0, 0.1) is 0 Å². The van der Waals surface area contributed by atoms with Gasteiger partial charge in [0.05, 0.1) is 6.61 Å². The molecule has 1 fully saturated rings. The largest absolute Gasteiger partial charge is 0.465 e. The summed E-state index contributed by atoms with van der Waals surface area (Å²) in [7, 11) is 1.79. The van der Waals surface area contributed by atoms with Gasteiger partial charge >= 0.3 is 5.97 Å². The second kappa shape index (κ2) is 6.59. The van der Waals surface area contributed by atoms with Gasteiger partial charge in [-0.2, -0.15) is 0 Å². The number of esters is 1. The molecule has 0 aromatic rings. The third kappa shape index (κ3) is 4.00. The second-order valence-electron chi connectivity index (χ2n) is 4.39. The predicted molar refractivity (Wildman–Crippen MR) is 64.5 cm³/mol. The monoisotopic (exact) mass is 242 g/mol. The van der Waals surface area contributed by atoms with Gasteiger partial charge in [-0.05, 0) is 19.8 Å². The fourth-order valence-corrected chi connectivity index (χ4v) is 2.03. The highest BCUT2D eigenvalue weighted by Crippen LogP contribution is 2.11. The lowest BCUT2D eigenvalue weighted by atomic mass is 10.0. The van der Waals surface area contributed by atoms with Crippen LogP contribution in [0.1, 0.15) is 33.1 Å². The number of carbonyl (C=O) groups excluding carboxylic acids is 2. The number of piperidine rings is 1. The summed E-state index contributed by atoms with van der Waals surface area (Å²) in [4.78, 5) is 24.7. The van der Waals surface area contributed by atoms with Gasteiger partial charge in [0, 0.05) is 26.1 Å². The molecule has 2 unspecified atom stereocenters. The molecule has 0 spiro atoms. The van der Waals surface area contributed by atoms with Crippen LogP contribution < -0.4 is 5.32 Å².